The number of aromatic carboxylic acids is 2. The van der Waals surface area contributed by atoms with Gasteiger partial charge in [0, 0.05) is 11.6 Å². The number of benzene rings is 1. The number of carboxylic acid groups (broad SMARTS) is 2. The lowest BCUT2D eigenvalue weighted by Gasteiger charge is -2.06. The summed E-state index contributed by atoms with van der Waals surface area (Å²) in [6.45, 7) is 1.83. The maximum absolute atomic E-state index is 11.1. The quantitative estimate of drug-likeness (QED) is 0.824. The van der Waals surface area contributed by atoms with Crippen LogP contribution < -0.4 is 0 Å². The van der Waals surface area contributed by atoms with Crippen molar-refractivity contribution in [2.24, 2.45) is 0 Å². The molecule has 0 aliphatic carbocycles. The normalized spacial score (nSPS) is 10.4. The fourth-order valence-electron chi connectivity index (χ4n) is 1.71. The lowest BCUT2D eigenvalue weighted by atomic mass is 10.0. The Hall–Kier alpha value is -2.43. The Labute approximate surface area is 96.3 Å². The van der Waals surface area contributed by atoms with E-state index in [2.05, 4.69) is 4.98 Å². The minimum absolute atomic E-state index is 0.197. The SMILES string of the molecule is Cc1cnc2c(C(=O)O)c(C(=O)O)ccc2c1. The van der Waals surface area contributed by atoms with Gasteiger partial charge in [-0.1, -0.05) is 6.07 Å². The maximum atomic E-state index is 11.1. The number of pyridine rings is 1. The van der Waals surface area contributed by atoms with Crippen LogP contribution in [-0.4, -0.2) is 27.1 Å². The van der Waals surface area contributed by atoms with Gasteiger partial charge in [0.25, 0.3) is 0 Å². The van der Waals surface area contributed by atoms with Crippen molar-refractivity contribution in [1.82, 2.24) is 4.98 Å². The highest BCUT2D eigenvalue weighted by Crippen LogP contribution is 2.21. The number of nitrogens with zero attached hydrogens (tertiary/aromatic N) is 1. The zero-order chi connectivity index (χ0) is 12.6. The highest BCUT2D eigenvalue weighted by Gasteiger charge is 2.19. The molecule has 0 aliphatic rings. The first kappa shape index (κ1) is 11.1. The van der Waals surface area contributed by atoms with Gasteiger partial charge in [0.15, 0.2) is 0 Å². The highest BCUT2D eigenvalue weighted by molar-refractivity contribution is 6.10. The van der Waals surface area contributed by atoms with E-state index < -0.39 is 11.9 Å². The Bertz CT molecular complexity index is 634. The Balaban J connectivity index is 2.89. The molecule has 2 aromatic rings. The number of carboxylic acids is 2. The minimum atomic E-state index is -1.29. The molecule has 0 aliphatic heterocycles. The lowest BCUT2D eigenvalue weighted by molar-refractivity contribution is 0.0653. The number of hydrogen-bond donors (Lipinski definition) is 2. The van der Waals surface area contributed by atoms with Crippen molar-refractivity contribution in [2.75, 3.05) is 0 Å². The van der Waals surface area contributed by atoms with Gasteiger partial charge < -0.3 is 10.2 Å². The van der Waals surface area contributed by atoms with Crippen LogP contribution in [0.15, 0.2) is 24.4 Å². The number of fused-ring (bicyclic) bond motifs is 1. The first-order chi connectivity index (χ1) is 8.00. The summed E-state index contributed by atoms with van der Waals surface area (Å²) >= 11 is 0. The third kappa shape index (κ3) is 1.82. The Morgan fingerprint density at radius 1 is 1.18 bits per heavy atom. The van der Waals surface area contributed by atoms with E-state index >= 15 is 0 Å². The summed E-state index contributed by atoms with van der Waals surface area (Å²) in [5, 5.41) is 18.6. The number of rotatable bonds is 2. The van der Waals surface area contributed by atoms with Crippen LogP contribution in [0.5, 0.6) is 0 Å². The van der Waals surface area contributed by atoms with Crippen LogP contribution in [0.25, 0.3) is 10.9 Å². The molecule has 0 saturated heterocycles. The van der Waals surface area contributed by atoms with Crippen LogP contribution in [-0.2, 0) is 0 Å². The van der Waals surface area contributed by atoms with Gasteiger partial charge in [-0.3, -0.25) is 4.98 Å². The van der Waals surface area contributed by atoms with Gasteiger partial charge in [0.2, 0.25) is 0 Å². The van der Waals surface area contributed by atoms with Crippen molar-refractivity contribution in [3.63, 3.8) is 0 Å². The molecule has 86 valence electrons. The van der Waals surface area contributed by atoms with E-state index in [4.69, 9.17) is 10.2 Å². The average molecular weight is 231 g/mol. The molecule has 17 heavy (non-hydrogen) atoms. The molecule has 2 rings (SSSR count). The molecule has 0 bridgehead atoms. The molecule has 0 radical (unpaired) electrons. The van der Waals surface area contributed by atoms with Gasteiger partial charge in [-0.25, -0.2) is 9.59 Å². The Morgan fingerprint density at radius 3 is 2.47 bits per heavy atom. The number of hydrogen-bond acceptors (Lipinski definition) is 3. The molecular weight excluding hydrogens is 222 g/mol. The summed E-state index contributed by atoms with van der Waals surface area (Å²) < 4.78 is 0. The molecule has 5 nitrogen and oxygen atoms in total. The summed E-state index contributed by atoms with van der Waals surface area (Å²) in [6.07, 6.45) is 1.51. The summed E-state index contributed by atoms with van der Waals surface area (Å²) in [4.78, 5) is 26.1. The number of aromatic nitrogens is 1. The second-order valence-electron chi connectivity index (χ2n) is 3.68. The molecular formula is C12H9NO4. The molecule has 2 N–H and O–H groups in total. The zero-order valence-corrected chi connectivity index (χ0v) is 8.97. The third-order valence-electron chi connectivity index (χ3n) is 2.43. The van der Waals surface area contributed by atoms with E-state index in [0.29, 0.717) is 5.39 Å². The highest BCUT2D eigenvalue weighted by atomic mass is 16.4. The molecule has 1 aromatic heterocycles. The summed E-state index contributed by atoms with van der Waals surface area (Å²) in [5.41, 5.74) is 0.566. The van der Waals surface area contributed by atoms with Gasteiger partial charge in [-0.05, 0) is 24.6 Å². The van der Waals surface area contributed by atoms with E-state index in [-0.39, 0.29) is 16.6 Å². The topological polar surface area (TPSA) is 87.5 Å². The van der Waals surface area contributed by atoms with E-state index in [1.165, 1.54) is 12.3 Å². The zero-order valence-electron chi connectivity index (χ0n) is 8.97. The molecule has 0 fully saturated rings. The standard InChI is InChI=1S/C12H9NO4/c1-6-4-7-2-3-8(11(14)15)9(12(16)17)10(7)13-5-6/h2-5H,1H3,(H,14,15)(H,16,17). The molecule has 0 amide bonds. The summed E-state index contributed by atoms with van der Waals surface area (Å²) in [7, 11) is 0. The van der Waals surface area contributed by atoms with Gasteiger partial charge >= 0.3 is 11.9 Å². The third-order valence-corrected chi connectivity index (χ3v) is 2.43. The Kier molecular flexibility index (Phi) is 2.51. The minimum Gasteiger partial charge on any atom is -0.478 e. The van der Waals surface area contributed by atoms with E-state index in [9.17, 15) is 9.59 Å². The number of aryl methyl sites for hydroxylation is 1. The largest absolute Gasteiger partial charge is 0.478 e. The monoisotopic (exact) mass is 231 g/mol. The Morgan fingerprint density at radius 2 is 1.88 bits per heavy atom. The second kappa shape index (κ2) is 3.86. The van der Waals surface area contributed by atoms with Gasteiger partial charge in [-0.15, -0.1) is 0 Å². The molecule has 0 unspecified atom stereocenters. The van der Waals surface area contributed by atoms with Gasteiger partial charge in [0.05, 0.1) is 11.1 Å². The van der Waals surface area contributed by atoms with Gasteiger partial charge in [-0.2, -0.15) is 0 Å². The molecule has 1 heterocycles. The first-order valence-corrected chi connectivity index (χ1v) is 4.86. The predicted octanol–water partition coefficient (Wildman–Crippen LogP) is 1.94. The van der Waals surface area contributed by atoms with Crippen LogP contribution in [0.2, 0.25) is 0 Å². The van der Waals surface area contributed by atoms with Crippen molar-refractivity contribution >= 4 is 22.8 Å². The van der Waals surface area contributed by atoms with E-state index in [1.54, 1.807) is 12.1 Å². The second-order valence-corrected chi connectivity index (χ2v) is 3.68. The molecule has 0 saturated carbocycles. The van der Waals surface area contributed by atoms with E-state index in [0.717, 1.165) is 5.56 Å². The van der Waals surface area contributed by atoms with Crippen molar-refractivity contribution in [3.8, 4) is 0 Å². The van der Waals surface area contributed by atoms with Gasteiger partial charge in [0.1, 0.15) is 5.56 Å². The maximum Gasteiger partial charge on any atom is 0.338 e. The van der Waals surface area contributed by atoms with Crippen LogP contribution in [0.3, 0.4) is 0 Å². The fourth-order valence-corrected chi connectivity index (χ4v) is 1.71. The van der Waals surface area contributed by atoms with Crippen molar-refractivity contribution in [2.45, 2.75) is 6.92 Å². The lowest BCUT2D eigenvalue weighted by Crippen LogP contribution is -2.09. The molecule has 0 spiro atoms. The average Bonchev–Trinajstić information content (AvgIpc) is 2.26. The predicted molar refractivity (Wildman–Crippen MR) is 60.4 cm³/mol. The number of carbonyl (C=O) groups is 2. The smallest absolute Gasteiger partial charge is 0.338 e. The molecule has 1 aromatic carbocycles. The van der Waals surface area contributed by atoms with Crippen LogP contribution >= 0.6 is 0 Å². The van der Waals surface area contributed by atoms with Crippen LogP contribution in [0.1, 0.15) is 26.3 Å². The fraction of sp³-hybridized carbons (Fsp3) is 0.0833. The molecule has 5 heteroatoms. The first-order valence-electron chi connectivity index (χ1n) is 4.86. The van der Waals surface area contributed by atoms with Crippen molar-refractivity contribution in [1.29, 1.82) is 0 Å². The van der Waals surface area contributed by atoms with Crippen LogP contribution in [0.4, 0.5) is 0 Å². The van der Waals surface area contributed by atoms with E-state index in [1.807, 2.05) is 6.92 Å². The van der Waals surface area contributed by atoms with Crippen molar-refractivity contribution in [3.05, 3.63) is 41.1 Å². The molecule has 0 atom stereocenters. The summed E-state index contributed by atoms with van der Waals surface area (Å²) in [6, 6.07) is 4.61. The van der Waals surface area contributed by atoms with Crippen LogP contribution in [0, 0.1) is 6.92 Å². The van der Waals surface area contributed by atoms with Crippen molar-refractivity contribution < 1.29 is 19.8 Å². The summed E-state index contributed by atoms with van der Waals surface area (Å²) in [5.74, 6) is -2.56.